The van der Waals surface area contributed by atoms with E-state index in [0.29, 0.717) is 10.8 Å². The number of rotatable bonds is 4. The lowest BCUT2D eigenvalue weighted by Gasteiger charge is -2.06. The highest BCUT2D eigenvalue weighted by molar-refractivity contribution is 6.30. The first kappa shape index (κ1) is 18.7. The van der Waals surface area contributed by atoms with Gasteiger partial charge in [-0.1, -0.05) is 29.5 Å². The molecule has 0 spiro atoms. The van der Waals surface area contributed by atoms with E-state index in [-0.39, 0.29) is 18.7 Å². The van der Waals surface area contributed by atoms with Crippen molar-refractivity contribution in [1.29, 1.82) is 0 Å². The maximum absolute atomic E-state index is 12.6. The number of carbonyl (C=O) groups is 1. The average molecular weight is 368 g/mol. The van der Waals surface area contributed by atoms with Crippen LogP contribution in [-0.2, 0) is 11.0 Å². The van der Waals surface area contributed by atoms with Gasteiger partial charge in [-0.25, -0.2) is 0 Å². The summed E-state index contributed by atoms with van der Waals surface area (Å²) >= 11 is 5.73. The predicted molar refractivity (Wildman–Crippen MR) is 88.3 cm³/mol. The molecule has 0 atom stereocenters. The molecule has 7 heteroatoms. The minimum absolute atomic E-state index is 0.000936. The molecule has 0 radical (unpaired) electrons. The van der Waals surface area contributed by atoms with Crippen molar-refractivity contribution in [2.45, 2.75) is 6.18 Å². The highest BCUT2D eigenvalue weighted by Gasteiger charge is 2.30. The fraction of sp³-hybridized carbons (Fsp3) is 0.167. The number of benzene rings is 2. The van der Waals surface area contributed by atoms with Crippen LogP contribution in [0.2, 0.25) is 5.02 Å². The van der Waals surface area contributed by atoms with Gasteiger partial charge in [0, 0.05) is 10.6 Å². The summed E-state index contributed by atoms with van der Waals surface area (Å²) in [5.41, 5.74) is -0.541. The fourth-order valence-corrected chi connectivity index (χ4v) is 1.92. The maximum Gasteiger partial charge on any atom is 0.416 e. The van der Waals surface area contributed by atoms with Gasteiger partial charge in [0.25, 0.3) is 5.91 Å². The number of carbonyl (C=O) groups excluding carboxylic acids is 1. The number of nitrogens with one attached hydrogen (secondary N) is 1. The topological polar surface area (TPSA) is 38.3 Å². The van der Waals surface area contributed by atoms with E-state index < -0.39 is 17.6 Å². The Bertz CT molecular complexity index is 792. The molecule has 130 valence electrons. The summed E-state index contributed by atoms with van der Waals surface area (Å²) < 4.78 is 43.0. The molecule has 0 aliphatic heterocycles. The first-order valence-corrected chi connectivity index (χ1v) is 7.53. The van der Waals surface area contributed by atoms with Crippen molar-refractivity contribution < 1.29 is 22.7 Å². The number of amides is 1. The van der Waals surface area contributed by atoms with Crippen LogP contribution in [0.3, 0.4) is 0 Å². The second-order valence-electron chi connectivity index (χ2n) is 4.90. The third-order valence-electron chi connectivity index (χ3n) is 2.98. The van der Waals surface area contributed by atoms with Crippen molar-refractivity contribution in [1.82, 2.24) is 5.32 Å². The lowest BCUT2D eigenvalue weighted by Crippen LogP contribution is -2.29. The largest absolute Gasteiger partial charge is 0.484 e. The Balaban J connectivity index is 1.80. The zero-order chi connectivity index (χ0) is 18.3. The number of alkyl halides is 3. The Morgan fingerprint density at radius 1 is 1.16 bits per heavy atom. The van der Waals surface area contributed by atoms with Gasteiger partial charge < -0.3 is 10.1 Å². The molecule has 0 saturated carbocycles. The molecule has 0 unspecified atom stereocenters. The van der Waals surface area contributed by atoms with Gasteiger partial charge in [-0.15, -0.1) is 0 Å². The Morgan fingerprint density at radius 3 is 2.56 bits per heavy atom. The number of hydrogen-bond acceptors (Lipinski definition) is 2. The molecule has 0 aliphatic rings. The van der Waals surface area contributed by atoms with Gasteiger partial charge in [-0.05, 0) is 42.5 Å². The second kappa shape index (κ2) is 8.45. The van der Waals surface area contributed by atoms with Crippen LogP contribution in [0.25, 0.3) is 0 Å². The van der Waals surface area contributed by atoms with Crippen LogP contribution in [0, 0.1) is 11.8 Å². The first-order valence-electron chi connectivity index (χ1n) is 7.16. The van der Waals surface area contributed by atoms with E-state index in [9.17, 15) is 18.0 Å². The van der Waals surface area contributed by atoms with Gasteiger partial charge in [0.15, 0.2) is 6.61 Å². The van der Waals surface area contributed by atoms with Crippen molar-refractivity contribution >= 4 is 17.5 Å². The van der Waals surface area contributed by atoms with Crippen LogP contribution >= 0.6 is 11.6 Å². The average Bonchev–Trinajstić information content (AvgIpc) is 2.58. The molecule has 25 heavy (non-hydrogen) atoms. The summed E-state index contributed by atoms with van der Waals surface area (Å²) in [7, 11) is 0. The van der Waals surface area contributed by atoms with Gasteiger partial charge in [0.1, 0.15) is 5.75 Å². The van der Waals surface area contributed by atoms with Crippen molar-refractivity contribution in [3.8, 4) is 17.6 Å². The molecule has 0 heterocycles. The molecule has 3 nitrogen and oxygen atoms in total. The molecule has 2 aromatic rings. The van der Waals surface area contributed by atoms with Crippen LogP contribution in [0.5, 0.6) is 5.75 Å². The third kappa shape index (κ3) is 6.40. The molecule has 0 aromatic heterocycles. The third-order valence-corrected chi connectivity index (χ3v) is 3.23. The minimum atomic E-state index is -4.41. The summed E-state index contributed by atoms with van der Waals surface area (Å²) in [6, 6.07) is 11.2. The van der Waals surface area contributed by atoms with Crippen LogP contribution in [0.1, 0.15) is 11.1 Å². The van der Waals surface area contributed by atoms with E-state index in [1.807, 2.05) is 0 Å². The number of hydrogen-bond donors (Lipinski definition) is 1. The van der Waals surface area contributed by atoms with E-state index in [1.54, 1.807) is 24.3 Å². The van der Waals surface area contributed by atoms with Crippen molar-refractivity contribution in [3.05, 3.63) is 64.7 Å². The maximum atomic E-state index is 12.6. The van der Waals surface area contributed by atoms with Gasteiger partial charge >= 0.3 is 6.18 Å². The van der Waals surface area contributed by atoms with E-state index in [1.165, 1.54) is 12.1 Å². The first-order chi connectivity index (χ1) is 11.8. The Labute approximate surface area is 147 Å². The lowest BCUT2D eigenvalue weighted by atomic mass is 10.1. The Hall–Kier alpha value is -2.65. The molecule has 1 amide bonds. The van der Waals surface area contributed by atoms with Crippen LogP contribution in [0.15, 0.2) is 48.5 Å². The molecule has 2 rings (SSSR count). The summed E-state index contributed by atoms with van der Waals surface area (Å²) in [6.07, 6.45) is -4.41. The molecule has 2 aromatic carbocycles. The predicted octanol–water partition coefficient (Wildman–Crippen LogP) is 3.91. The molecule has 0 saturated heterocycles. The van der Waals surface area contributed by atoms with Gasteiger partial charge in [-0.3, -0.25) is 4.79 Å². The lowest BCUT2D eigenvalue weighted by molar-refractivity contribution is -0.137. The zero-order valence-electron chi connectivity index (χ0n) is 12.9. The van der Waals surface area contributed by atoms with Crippen molar-refractivity contribution in [2.75, 3.05) is 13.2 Å². The fourth-order valence-electron chi connectivity index (χ4n) is 1.79. The van der Waals surface area contributed by atoms with E-state index in [0.717, 1.165) is 12.1 Å². The minimum Gasteiger partial charge on any atom is -0.484 e. The standard InChI is InChI=1S/C18H13ClF3NO2/c19-15-6-8-16(9-7-15)25-12-17(24)23-10-2-4-13-3-1-5-14(11-13)18(20,21)22/h1,3,5-9,11H,10,12H2,(H,23,24). The monoisotopic (exact) mass is 367 g/mol. The molecule has 0 bridgehead atoms. The molecule has 1 N–H and O–H groups in total. The quantitative estimate of drug-likeness (QED) is 0.832. The van der Waals surface area contributed by atoms with Gasteiger partial charge in [0.05, 0.1) is 12.1 Å². The smallest absolute Gasteiger partial charge is 0.416 e. The number of halogens is 4. The highest BCUT2D eigenvalue weighted by atomic mass is 35.5. The van der Waals surface area contributed by atoms with Crippen molar-refractivity contribution in [2.24, 2.45) is 0 Å². The number of ether oxygens (including phenoxy) is 1. The summed E-state index contributed by atoms with van der Waals surface area (Å²) in [5, 5.41) is 3.05. The highest BCUT2D eigenvalue weighted by Crippen LogP contribution is 2.29. The molecule has 0 aliphatic carbocycles. The van der Waals surface area contributed by atoms with E-state index >= 15 is 0 Å². The summed E-state index contributed by atoms with van der Waals surface area (Å²) in [6.45, 7) is -0.202. The van der Waals surface area contributed by atoms with E-state index in [2.05, 4.69) is 17.2 Å². The SMILES string of the molecule is O=C(COc1ccc(Cl)cc1)NCC#Cc1cccc(C(F)(F)F)c1. The van der Waals surface area contributed by atoms with Crippen LogP contribution in [-0.4, -0.2) is 19.1 Å². The van der Waals surface area contributed by atoms with Crippen LogP contribution < -0.4 is 10.1 Å². The van der Waals surface area contributed by atoms with Crippen molar-refractivity contribution in [3.63, 3.8) is 0 Å². The second-order valence-corrected chi connectivity index (χ2v) is 5.34. The van der Waals surface area contributed by atoms with E-state index in [4.69, 9.17) is 16.3 Å². The van der Waals surface area contributed by atoms with Gasteiger partial charge in [0.2, 0.25) is 0 Å². The summed E-state index contributed by atoms with van der Waals surface area (Å²) in [4.78, 5) is 11.6. The Morgan fingerprint density at radius 2 is 1.88 bits per heavy atom. The molecule has 0 fully saturated rings. The molecular formula is C18H13ClF3NO2. The zero-order valence-corrected chi connectivity index (χ0v) is 13.6. The molecular weight excluding hydrogens is 355 g/mol. The van der Waals surface area contributed by atoms with Crippen LogP contribution in [0.4, 0.5) is 13.2 Å². The normalized spacial score (nSPS) is 10.6. The van der Waals surface area contributed by atoms with Gasteiger partial charge in [-0.2, -0.15) is 13.2 Å². The Kier molecular flexibility index (Phi) is 6.31. The summed E-state index contributed by atoms with van der Waals surface area (Å²) in [5.74, 6) is 5.27.